The number of aromatic nitrogens is 2. The second-order valence-electron chi connectivity index (χ2n) is 7.73. The van der Waals surface area contributed by atoms with Gasteiger partial charge in [-0.3, -0.25) is 9.48 Å². The molecule has 4 rings (SSSR count). The van der Waals surface area contributed by atoms with Crippen molar-refractivity contribution < 1.29 is 27.4 Å². The second kappa shape index (κ2) is 9.13. The lowest BCUT2D eigenvalue weighted by Crippen LogP contribution is -2.21. The number of carbonyl (C=O) groups is 1. The van der Waals surface area contributed by atoms with Crippen LogP contribution in [0.1, 0.15) is 49.0 Å². The topological polar surface area (TPSA) is 53.4 Å². The van der Waals surface area contributed by atoms with E-state index in [4.69, 9.17) is 14.6 Å². The van der Waals surface area contributed by atoms with Crippen molar-refractivity contribution in [1.29, 1.82) is 0 Å². The Morgan fingerprint density at radius 3 is 2.66 bits per heavy atom. The van der Waals surface area contributed by atoms with E-state index in [0.717, 1.165) is 52.5 Å². The van der Waals surface area contributed by atoms with Gasteiger partial charge in [0.15, 0.2) is 0 Å². The lowest BCUT2D eigenvalue weighted by Gasteiger charge is -2.27. The van der Waals surface area contributed by atoms with Gasteiger partial charge in [-0.05, 0) is 56.5 Å². The van der Waals surface area contributed by atoms with Gasteiger partial charge >= 0.3 is 12.1 Å². The fourth-order valence-corrected chi connectivity index (χ4v) is 4.09. The van der Waals surface area contributed by atoms with Crippen LogP contribution in [0.3, 0.4) is 0 Å². The maximum absolute atomic E-state index is 13.3. The molecule has 5 nitrogen and oxygen atoms in total. The Hall–Kier alpha value is -2.55. The van der Waals surface area contributed by atoms with Crippen molar-refractivity contribution in [3.8, 4) is 5.75 Å². The summed E-state index contributed by atoms with van der Waals surface area (Å²) >= 11 is 3.47. The van der Waals surface area contributed by atoms with Gasteiger partial charge in [0.2, 0.25) is 0 Å². The highest BCUT2D eigenvalue weighted by atomic mass is 79.9. The van der Waals surface area contributed by atoms with Crippen molar-refractivity contribution >= 4 is 32.8 Å². The molecule has 1 heterocycles. The van der Waals surface area contributed by atoms with Crippen LogP contribution in [0.25, 0.3) is 10.9 Å². The maximum Gasteiger partial charge on any atom is 0.416 e. The molecule has 170 valence electrons. The fourth-order valence-electron chi connectivity index (χ4n) is 3.73. The van der Waals surface area contributed by atoms with Crippen molar-refractivity contribution in [2.24, 2.45) is 0 Å². The molecule has 1 aliphatic rings. The molecular formula is C23H22BrF3N2O3. The summed E-state index contributed by atoms with van der Waals surface area (Å²) in [4.78, 5) is 12.0. The minimum absolute atomic E-state index is 0.0115. The highest BCUT2D eigenvalue weighted by molar-refractivity contribution is 9.10. The first-order valence-corrected chi connectivity index (χ1v) is 11.2. The Balaban J connectivity index is 1.68. The van der Waals surface area contributed by atoms with E-state index < -0.39 is 17.7 Å². The highest BCUT2D eigenvalue weighted by Gasteiger charge is 2.32. The number of halogens is 4. The maximum atomic E-state index is 13.3. The van der Waals surface area contributed by atoms with Gasteiger partial charge in [-0.25, -0.2) is 0 Å². The molecule has 0 amide bonds. The number of carbonyl (C=O) groups excluding carboxylic acids is 1. The molecule has 2 aromatic carbocycles. The first-order chi connectivity index (χ1) is 15.3. The second-order valence-corrected chi connectivity index (χ2v) is 8.64. The zero-order valence-corrected chi connectivity index (χ0v) is 19.0. The number of fused-ring (bicyclic) bond motifs is 1. The van der Waals surface area contributed by atoms with E-state index in [0.29, 0.717) is 5.56 Å². The molecule has 0 radical (unpaired) electrons. The Kier molecular flexibility index (Phi) is 6.46. The molecule has 0 unspecified atom stereocenters. The minimum atomic E-state index is -4.52. The Labute approximate surface area is 191 Å². The van der Waals surface area contributed by atoms with Gasteiger partial charge in [0.1, 0.15) is 12.4 Å². The zero-order chi connectivity index (χ0) is 22.9. The molecule has 1 aromatic heterocycles. The third kappa shape index (κ3) is 4.77. The van der Waals surface area contributed by atoms with E-state index in [1.54, 1.807) is 6.92 Å². The van der Waals surface area contributed by atoms with Crippen molar-refractivity contribution in [3.05, 3.63) is 57.7 Å². The molecule has 0 saturated heterocycles. The van der Waals surface area contributed by atoms with Crippen LogP contribution in [0, 0.1) is 0 Å². The van der Waals surface area contributed by atoms with Crippen LogP contribution in [-0.2, 0) is 28.7 Å². The molecule has 1 aliphatic carbocycles. The normalized spacial score (nSPS) is 14.4. The van der Waals surface area contributed by atoms with E-state index in [1.807, 2.05) is 22.9 Å². The molecule has 0 atom stereocenters. The fraction of sp³-hybridized carbons (Fsp3) is 0.391. The summed E-state index contributed by atoms with van der Waals surface area (Å²) in [5.74, 6) is -0.511. The standard InChI is InChI=1S/C23H22BrF3N2O3/c1-2-31-22(30)10-14-6-7-15(23(25,26)27)11-21(14)32-13-20-18-12-16(24)8-9-19(18)28-29(20)17-4-3-5-17/h6-9,11-12,17H,2-5,10,13H2,1H3. The van der Waals surface area contributed by atoms with Crippen molar-refractivity contribution in [2.75, 3.05) is 6.61 Å². The van der Waals surface area contributed by atoms with Crippen LogP contribution in [0.15, 0.2) is 40.9 Å². The number of hydrogen-bond acceptors (Lipinski definition) is 4. The van der Waals surface area contributed by atoms with Crippen LogP contribution >= 0.6 is 15.9 Å². The average molecular weight is 511 g/mol. The number of nitrogens with zero attached hydrogens (tertiary/aromatic N) is 2. The molecule has 1 saturated carbocycles. The molecule has 0 N–H and O–H groups in total. The van der Waals surface area contributed by atoms with Crippen molar-refractivity contribution in [1.82, 2.24) is 9.78 Å². The number of hydrogen-bond donors (Lipinski definition) is 0. The van der Waals surface area contributed by atoms with Gasteiger partial charge in [0, 0.05) is 15.4 Å². The Bertz CT molecular complexity index is 1140. The summed E-state index contributed by atoms with van der Waals surface area (Å²) in [6.45, 7) is 1.89. The predicted molar refractivity (Wildman–Crippen MR) is 116 cm³/mol. The molecular weight excluding hydrogens is 489 g/mol. The average Bonchev–Trinajstić information content (AvgIpc) is 3.02. The first kappa shape index (κ1) is 22.6. The van der Waals surface area contributed by atoms with E-state index in [2.05, 4.69) is 15.9 Å². The lowest BCUT2D eigenvalue weighted by molar-refractivity contribution is -0.142. The van der Waals surface area contributed by atoms with Crippen LogP contribution in [0.4, 0.5) is 13.2 Å². The first-order valence-electron chi connectivity index (χ1n) is 10.4. The summed E-state index contributed by atoms with van der Waals surface area (Å²) < 4.78 is 53.6. The van der Waals surface area contributed by atoms with Gasteiger partial charge in [0.05, 0.1) is 35.8 Å². The highest BCUT2D eigenvalue weighted by Crippen LogP contribution is 2.37. The Morgan fingerprint density at radius 1 is 1.22 bits per heavy atom. The molecule has 9 heteroatoms. The summed E-state index contributed by atoms with van der Waals surface area (Å²) in [6.07, 6.45) is -1.58. The van der Waals surface area contributed by atoms with Gasteiger partial charge in [-0.1, -0.05) is 22.0 Å². The van der Waals surface area contributed by atoms with Crippen LogP contribution in [0.2, 0.25) is 0 Å². The van der Waals surface area contributed by atoms with Crippen molar-refractivity contribution in [2.45, 2.75) is 51.4 Å². The lowest BCUT2D eigenvalue weighted by atomic mass is 9.93. The summed E-state index contributed by atoms with van der Waals surface area (Å²) in [7, 11) is 0. The van der Waals surface area contributed by atoms with Gasteiger partial charge in [0.25, 0.3) is 0 Å². The number of rotatable bonds is 7. The third-order valence-electron chi connectivity index (χ3n) is 5.58. The number of ether oxygens (including phenoxy) is 2. The summed E-state index contributed by atoms with van der Waals surface area (Å²) in [5, 5.41) is 5.58. The zero-order valence-electron chi connectivity index (χ0n) is 17.4. The quantitative estimate of drug-likeness (QED) is 0.353. The molecule has 0 aliphatic heterocycles. The molecule has 0 bridgehead atoms. The van der Waals surface area contributed by atoms with E-state index >= 15 is 0 Å². The molecule has 32 heavy (non-hydrogen) atoms. The van der Waals surface area contributed by atoms with Gasteiger partial charge in [-0.2, -0.15) is 18.3 Å². The summed E-state index contributed by atoms with van der Waals surface area (Å²) in [6, 6.07) is 9.14. The monoisotopic (exact) mass is 510 g/mol. The predicted octanol–water partition coefficient (Wildman–Crippen LogP) is 6.23. The van der Waals surface area contributed by atoms with Crippen LogP contribution < -0.4 is 4.74 Å². The van der Waals surface area contributed by atoms with Gasteiger partial charge < -0.3 is 9.47 Å². The van der Waals surface area contributed by atoms with E-state index in [9.17, 15) is 18.0 Å². The number of esters is 1. The summed E-state index contributed by atoms with van der Waals surface area (Å²) in [5.41, 5.74) is 1.11. The molecule has 0 spiro atoms. The number of alkyl halides is 3. The SMILES string of the molecule is CCOC(=O)Cc1ccc(C(F)(F)F)cc1OCc1c2cc(Br)ccc2nn1C1CCC1. The van der Waals surface area contributed by atoms with Crippen molar-refractivity contribution in [3.63, 3.8) is 0 Å². The Morgan fingerprint density at radius 2 is 2.00 bits per heavy atom. The molecule has 1 fully saturated rings. The smallest absolute Gasteiger partial charge is 0.416 e. The van der Waals surface area contributed by atoms with Crippen LogP contribution in [-0.4, -0.2) is 22.4 Å². The largest absolute Gasteiger partial charge is 0.487 e. The third-order valence-corrected chi connectivity index (χ3v) is 6.07. The minimum Gasteiger partial charge on any atom is -0.487 e. The van der Waals surface area contributed by atoms with Gasteiger partial charge in [-0.15, -0.1) is 0 Å². The molecule has 3 aromatic rings. The number of benzene rings is 2. The van der Waals surface area contributed by atoms with E-state index in [1.165, 1.54) is 6.07 Å². The van der Waals surface area contributed by atoms with E-state index in [-0.39, 0.29) is 31.4 Å². The van der Waals surface area contributed by atoms with Crippen LogP contribution in [0.5, 0.6) is 5.75 Å².